The predicted octanol–water partition coefficient (Wildman–Crippen LogP) is 3.25. The Balaban J connectivity index is 1.84. The van der Waals surface area contributed by atoms with Crippen LogP contribution in [-0.4, -0.2) is 18.5 Å². The number of hydrogen-bond donors (Lipinski definition) is 0. The number of epoxide rings is 1. The zero-order valence-electron chi connectivity index (χ0n) is 10.7. The van der Waals surface area contributed by atoms with Crippen molar-refractivity contribution in [2.75, 3.05) is 6.61 Å². The highest BCUT2D eigenvalue weighted by molar-refractivity contribution is 6.09. The van der Waals surface area contributed by atoms with E-state index in [-0.39, 0.29) is 5.78 Å². The van der Waals surface area contributed by atoms with Crippen LogP contribution in [0.5, 0.6) is 0 Å². The lowest BCUT2D eigenvalue weighted by Gasteiger charge is -2.08. The molecule has 2 nitrogen and oxygen atoms in total. The quantitative estimate of drug-likeness (QED) is 0.604. The van der Waals surface area contributed by atoms with Gasteiger partial charge in [-0.25, -0.2) is 0 Å². The maximum Gasteiger partial charge on any atom is 0.193 e. The van der Waals surface area contributed by atoms with Gasteiger partial charge in [0.2, 0.25) is 0 Å². The molecule has 1 aliphatic rings. The summed E-state index contributed by atoms with van der Waals surface area (Å²) in [5, 5.41) is 0. The van der Waals surface area contributed by atoms with Crippen LogP contribution in [0.3, 0.4) is 0 Å². The molecule has 2 aromatic rings. The molecule has 0 radical (unpaired) electrons. The standard InChI is InChI=1S/C17H16O2/c18-17(14-7-2-1-3-8-14)16-9-5-4-6-13(16)10-11-15-12-19-15/h1-9,15H,10-12H2. The third kappa shape index (κ3) is 2.91. The molecule has 1 saturated heterocycles. The lowest BCUT2D eigenvalue weighted by Crippen LogP contribution is -2.06. The van der Waals surface area contributed by atoms with E-state index in [0.29, 0.717) is 6.10 Å². The van der Waals surface area contributed by atoms with E-state index in [2.05, 4.69) is 0 Å². The molecule has 0 saturated carbocycles. The fraction of sp³-hybridized carbons (Fsp3) is 0.235. The normalized spacial score (nSPS) is 17.2. The summed E-state index contributed by atoms with van der Waals surface area (Å²) in [4.78, 5) is 12.5. The second kappa shape index (κ2) is 5.37. The van der Waals surface area contributed by atoms with Gasteiger partial charge in [-0.1, -0.05) is 54.6 Å². The monoisotopic (exact) mass is 252 g/mol. The molecule has 0 aliphatic carbocycles. The summed E-state index contributed by atoms with van der Waals surface area (Å²) in [6, 6.07) is 17.3. The van der Waals surface area contributed by atoms with Gasteiger partial charge in [-0.2, -0.15) is 0 Å². The Morgan fingerprint density at radius 3 is 2.47 bits per heavy atom. The number of rotatable bonds is 5. The fourth-order valence-corrected chi connectivity index (χ4v) is 2.26. The molecular weight excluding hydrogens is 236 g/mol. The first-order chi connectivity index (χ1) is 9.34. The van der Waals surface area contributed by atoms with Crippen LogP contribution in [0.15, 0.2) is 54.6 Å². The van der Waals surface area contributed by atoms with E-state index in [9.17, 15) is 4.79 Å². The lowest BCUT2D eigenvalue weighted by molar-refractivity contribution is 0.103. The van der Waals surface area contributed by atoms with Gasteiger partial charge in [0.05, 0.1) is 12.7 Å². The summed E-state index contributed by atoms with van der Waals surface area (Å²) < 4.78 is 5.23. The van der Waals surface area contributed by atoms with Crippen LogP contribution in [0.2, 0.25) is 0 Å². The van der Waals surface area contributed by atoms with Crippen molar-refractivity contribution in [2.24, 2.45) is 0 Å². The summed E-state index contributed by atoms with van der Waals surface area (Å²) in [7, 11) is 0. The maximum absolute atomic E-state index is 12.5. The summed E-state index contributed by atoms with van der Waals surface area (Å²) in [5.41, 5.74) is 2.68. The molecule has 0 N–H and O–H groups in total. The van der Waals surface area contributed by atoms with Crippen molar-refractivity contribution in [1.82, 2.24) is 0 Å². The van der Waals surface area contributed by atoms with Gasteiger partial charge in [-0.05, 0) is 18.4 Å². The molecule has 1 heterocycles. The molecule has 0 bridgehead atoms. The molecule has 1 unspecified atom stereocenters. The molecule has 3 rings (SSSR count). The Bertz CT molecular complexity index is 571. The molecule has 0 spiro atoms. The van der Waals surface area contributed by atoms with Crippen molar-refractivity contribution in [3.8, 4) is 0 Å². The Labute approximate surface area is 113 Å². The summed E-state index contributed by atoms with van der Waals surface area (Å²) in [5.74, 6) is 0.105. The zero-order valence-corrected chi connectivity index (χ0v) is 10.7. The number of aryl methyl sites for hydroxylation is 1. The van der Waals surface area contributed by atoms with E-state index in [4.69, 9.17) is 4.74 Å². The van der Waals surface area contributed by atoms with Crippen LogP contribution >= 0.6 is 0 Å². The first-order valence-corrected chi connectivity index (χ1v) is 6.64. The Morgan fingerprint density at radius 1 is 1.05 bits per heavy atom. The van der Waals surface area contributed by atoms with Crippen molar-refractivity contribution in [3.63, 3.8) is 0 Å². The number of ether oxygens (including phenoxy) is 1. The average molecular weight is 252 g/mol. The second-order valence-electron chi connectivity index (χ2n) is 4.85. The minimum absolute atomic E-state index is 0.105. The maximum atomic E-state index is 12.5. The number of carbonyl (C=O) groups excluding carboxylic acids is 1. The van der Waals surface area contributed by atoms with Gasteiger partial charge in [0.15, 0.2) is 5.78 Å². The van der Waals surface area contributed by atoms with Crippen molar-refractivity contribution in [3.05, 3.63) is 71.3 Å². The highest BCUT2D eigenvalue weighted by Crippen LogP contribution is 2.20. The number of benzene rings is 2. The lowest BCUT2D eigenvalue weighted by atomic mass is 9.95. The molecular formula is C17H16O2. The first kappa shape index (κ1) is 12.1. The van der Waals surface area contributed by atoms with Crippen molar-refractivity contribution >= 4 is 5.78 Å². The molecule has 96 valence electrons. The van der Waals surface area contributed by atoms with Crippen LogP contribution in [0.25, 0.3) is 0 Å². The third-order valence-corrected chi connectivity index (χ3v) is 3.44. The highest BCUT2D eigenvalue weighted by Gasteiger charge is 2.22. The smallest absolute Gasteiger partial charge is 0.193 e. The van der Waals surface area contributed by atoms with Gasteiger partial charge in [0.1, 0.15) is 0 Å². The largest absolute Gasteiger partial charge is 0.373 e. The van der Waals surface area contributed by atoms with Crippen molar-refractivity contribution < 1.29 is 9.53 Å². The number of ketones is 1. The fourth-order valence-electron chi connectivity index (χ4n) is 2.26. The molecule has 19 heavy (non-hydrogen) atoms. The van der Waals surface area contributed by atoms with E-state index >= 15 is 0 Å². The van der Waals surface area contributed by atoms with Gasteiger partial charge in [-0.15, -0.1) is 0 Å². The minimum Gasteiger partial charge on any atom is -0.373 e. The zero-order chi connectivity index (χ0) is 13.1. The van der Waals surface area contributed by atoms with E-state index in [1.54, 1.807) is 0 Å². The molecule has 0 aromatic heterocycles. The van der Waals surface area contributed by atoms with E-state index in [1.807, 2.05) is 54.6 Å². The van der Waals surface area contributed by atoms with Crippen LogP contribution in [0.1, 0.15) is 27.9 Å². The van der Waals surface area contributed by atoms with Crippen LogP contribution < -0.4 is 0 Å². The van der Waals surface area contributed by atoms with E-state index in [1.165, 1.54) is 0 Å². The molecule has 1 atom stereocenters. The number of hydrogen-bond acceptors (Lipinski definition) is 2. The average Bonchev–Trinajstić information content (AvgIpc) is 3.30. The second-order valence-corrected chi connectivity index (χ2v) is 4.85. The van der Waals surface area contributed by atoms with Gasteiger partial charge < -0.3 is 4.74 Å². The van der Waals surface area contributed by atoms with Gasteiger partial charge >= 0.3 is 0 Å². The molecule has 0 amide bonds. The Hall–Kier alpha value is -1.93. The summed E-state index contributed by atoms with van der Waals surface area (Å²) >= 11 is 0. The van der Waals surface area contributed by atoms with Crippen LogP contribution in [0, 0.1) is 0 Å². The summed E-state index contributed by atoms with van der Waals surface area (Å²) in [6.07, 6.45) is 2.30. The van der Waals surface area contributed by atoms with E-state index < -0.39 is 0 Å². The Morgan fingerprint density at radius 2 is 1.74 bits per heavy atom. The molecule has 1 aliphatic heterocycles. The number of carbonyl (C=O) groups is 1. The van der Waals surface area contributed by atoms with Gasteiger partial charge in [0, 0.05) is 11.1 Å². The first-order valence-electron chi connectivity index (χ1n) is 6.64. The van der Waals surface area contributed by atoms with Crippen molar-refractivity contribution in [1.29, 1.82) is 0 Å². The Kier molecular flexibility index (Phi) is 3.43. The van der Waals surface area contributed by atoms with E-state index in [0.717, 1.165) is 36.1 Å². The van der Waals surface area contributed by atoms with Gasteiger partial charge in [-0.3, -0.25) is 4.79 Å². The van der Waals surface area contributed by atoms with Crippen LogP contribution in [0.4, 0.5) is 0 Å². The molecule has 2 heteroatoms. The third-order valence-electron chi connectivity index (χ3n) is 3.44. The van der Waals surface area contributed by atoms with Crippen molar-refractivity contribution in [2.45, 2.75) is 18.9 Å². The summed E-state index contributed by atoms with van der Waals surface area (Å²) in [6.45, 7) is 0.870. The predicted molar refractivity (Wildman–Crippen MR) is 74.4 cm³/mol. The molecule has 2 aromatic carbocycles. The topological polar surface area (TPSA) is 29.6 Å². The molecule has 1 fully saturated rings. The van der Waals surface area contributed by atoms with Crippen LogP contribution in [-0.2, 0) is 11.2 Å². The SMILES string of the molecule is O=C(c1ccccc1)c1ccccc1CCC1CO1. The minimum atomic E-state index is 0.105. The highest BCUT2D eigenvalue weighted by atomic mass is 16.6. The van der Waals surface area contributed by atoms with Gasteiger partial charge in [0.25, 0.3) is 0 Å².